The molecule has 1 N–H and O–H groups in total. The van der Waals surface area contributed by atoms with Gasteiger partial charge in [-0.2, -0.15) is 23.0 Å². The highest BCUT2D eigenvalue weighted by Gasteiger charge is 2.36. The number of para-hydroxylation sites is 1. The third kappa shape index (κ3) is 5.58. The van der Waals surface area contributed by atoms with E-state index in [-0.39, 0.29) is 22.0 Å². The van der Waals surface area contributed by atoms with E-state index in [9.17, 15) is 18.0 Å². The Kier molecular flexibility index (Phi) is 6.31. The monoisotopic (exact) mass is 451 g/mol. The zero-order valence-corrected chi connectivity index (χ0v) is 17.9. The number of benzene rings is 2. The molecular weight excluding hydrogens is 431 g/mol. The number of aromatic nitrogens is 2. The Morgan fingerprint density at radius 3 is 2.45 bits per heavy atom. The molecule has 0 unspecified atom stereocenters. The van der Waals surface area contributed by atoms with Crippen LogP contribution in [0, 0.1) is 0 Å². The average molecular weight is 452 g/mol. The minimum Gasteiger partial charge on any atom is -0.467 e. The maximum Gasteiger partial charge on any atom is 0.435 e. The van der Waals surface area contributed by atoms with E-state index < -0.39 is 24.4 Å². The van der Waals surface area contributed by atoms with Gasteiger partial charge in [-0.15, -0.1) is 0 Å². The fourth-order valence-corrected chi connectivity index (χ4v) is 3.02. The Morgan fingerprint density at radius 1 is 1.10 bits per heavy atom. The molecule has 0 bridgehead atoms. The first-order valence-electron chi connectivity index (χ1n) is 9.40. The average Bonchev–Trinajstić information content (AvgIpc) is 3.11. The first-order valence-corrected chi connectivity index (χ1v) is 9.78. The predicted molar refractivity (Wildman–Crippen MR) is 113 cm³/mol. The molecule has 0 aliphatic rings. The van der Waals surface area contributed by atoms with Gasteiger partial charge in [-0.25, -0.2) is 0 Å². The molecule has 1 amide bonds. The highest BCUT2D eigenvalue weighted by Crippen LogP contribution is 2.33. The molecule has 0 spiro atoms. The van der Waals surface area contributed by atoms with E-state index in [1.165, 1.54) is 12.1 Å². The van der Waals surface area contributed by atoms with Crippen molar-refractivity contribution in [3.63, 3.8) is 0 Å². The molecule has 0 aliphatic heterocycles. The maximum atomic E-state index is 13.2. The van der Waals surface area contributed by atoms with E-state index in [0.29, 0.717) is 5.69 Å². The number of carbonyl (C=O) groups is 1. The van der Waals surface area contributed by atoms with Crippen LogP contribution in [0.4, 0.5) is 18.9 Å². The lowest BCUT2D eigenvalue weighted by Gasteiger charge is -2.19. The number of alkyl halides is 3. The molecule has 2 aromatic carbocycles. The van der Waals surface area contributed by atoms with Crippen LogP contribution in [0.1, 0.15) is 32.0 Å². The van der Waals surface area contributed by atoms with Gasteiger partial charge in [-0.05, 0) is 35.2 Å². The molecule has 0 atom stereocenters. The van der Waals surface area contributed by atoms with Crippen LogP contribution in [0.2, 0.25) is 5.02 Å². The van der Waals surface area contributed by atoms with Gasteiger partial charge in [-0.3, -0.25) is 4.79 Å². The van der Waals surface area contributed by atoms with E-state index in [1.54, 1.807) is 18.2 Å². The number of carbonyl (C=O) groups excluding carboxylic acids is 1. The van der Waals surface area contributed by atoms with Crippen molar-refractivity contribution in [2.24, 2.45) is 0 Å². The summed E-state index contributed by atoms with van der Waals surface area (Å²) in [6.45, 7) is 5.63. The van der Waals surface area contributed by atoms with Gasteiger partial charge in [-0.1, -0.05) is 56.6 Å². The molecule has 0 saturated heterocycles. The Hall–Kier alpha value is -3.00. The van der Waals surface area contributed by atoms with Crippen molar-refractivity contribution in [3.05, 3.63) is 70.9 Å². The van der Waals surface area contributed by atoms with Crippen molar-refractivity contribution >= 4 is 23.2 Å². The fraction of sp³-hybridized carbons (Fsp3) is 0.273. The summed E-state index contributed by atoms with van der Waals surface area (Å²) in [5.41, 5.74) is 0.537. The highest BCUT2D eigenvalue weighted by molar-refractivity contribution is 6.32. The molecule has 3 aromatic rings. The number of anilines is 1. The molecule has 164 valence electrons. The van der Waals surface area contributed by atoms with Crippen LogP contribution in [-0.2, 0) is 16.4 Å². The van der Waals surface area contributed by atoms with Gasteiger partial charge in [0.2, 0.25) is 5.88 Å². The quantitative estimate of drug-likeness (QED) is 0.528. The molecule has 5 nitrogen and oxygen atoms in total. The second kappa shape index (κ2) is 8.63. The zero-order chi connectivity index (χ0) is 22.8. The molecule has 31 heavy (non-hydrogen) atoms. The van der Waals surface area contributed by atoms with E-state index in [0.717, 1.165) is 16.3 Å². The third-order valence-electron chi connectivity index (χ3n) is 4.41. The lowest BCUT2D eigenvalue weighted by molar-refractivity contribution is -0.141. The highest BCUT2D eigenvalue weighted by atomic mass is 35.5. The summed E-state index contributed by atoms with van der Waals surface area (Å²) in [5.74, 6) is -0.773. The topological polar surface area (TPSA) is 56.1 Å². The largest absolute Gasteiger partial charge is 0.467 e. The van der Waals surface area contributed by atoms with Crippen LogP contribution in [0.3, 0.4) is 0 Å². The summed E-state index contributed by atoms with van der Waals surface area (Å²) in [4.78, 5) is 12.4. The Balaban J connectivity index is 1.79. The minimum atomic E-state index is -4.68. The van der Waals surface area contributed by atoms with Gasteiger partial charge >= 0.3 is 6.18 Å². The minimum absolute atomic E-state index is 0.104. The fourth-order valence-electron chi connectivity index (χ4n) is 2.80. The summed E-state index contributed by atoms with van der Waals surface area (Å²) < 4.78 is 45.8. The summed E-state index contributed by atoms with van der Waals surface area (Å²) in [6.07, 6.45) is -4.68. The van der Waals surface area contributed by atoms with Gasteiger partial charge in [0.25, 0.3) is 5.91 Å². The van der Waals surface area contributed by atoms with E-state index in [4.69, 9.17) is 16.3 Å². The summed E-state index contributed by atoms with van der Waals surface area (Å²) in [6, 6.07) is 14.3. The van der Waals surface area contributed by atoms with Crippen LogP contribution < -0.4 is 10.1 Å². The first kappa shape index (κ1) is 22.7. The molecular formula is C22H21ClF3N3O2. The predicted octanol–water partition coefficient (Wildman–Crippen LogP) is 5.86. The number of ether oxygens (including phenoxy) is 1. The summed E-state index contributed by atoms with van der Waals surface area (Å²) >= 11 is 6.10. The van der Waals surface area contributed by atoms with E-state index >= 15 is 0 Å². The molecule has 1 aromatic heterocycles. The molecule has 0 aliphatic carbocycles. The van der Waals surface area contributed by atoms with Crippen molar-refractivity contribution in [1.82, 2.24) is 9.78 Å². The number of amides is 1. The van der Waals surface area contributed by atoms with Gasteiger partial charge in [0.05, 0.1) is 10.7 Å². The van der Waals surface area contributed by atoms with Crippen molar-refractivity contribution in [2.45, 2.75) is 32.4 Å². The first-order chi connectivity index (χ1) is 14.4. The Morgan fingerprint density at radius 2 is 1.81 bits per heavy atom. The second-order valence-corrected chi connectivity index (χ2v) is 8.30. The number of halogens is 4. The number of hydrogen-bond donors (Lipinski definition) is 1. The molecule has 1 heterocycles. The molecule has 3 rings (SSSR count). The standard InChI is InChI=1S/C22H21ClF3N3O2/c1-21(2,3)14-7-6-8-15(11-14)27-19(30)13-31-20-12-18(22(24,25)26)28-29(20)17-10-5-4-9-16(17)23/h4-12H,13H2,1-3H3,(H,27,30). The third-order valence-corrected chi connectivity index (χ3v) is 4.73. The van der Waals surface area contributed by atoms with Gasteiger partial charge in [0, 0.05) is 11.8 Å². The van der Waals surface area contributed by atoms with Crippen LogP contribution in [0.15, 0.2) is 54.6 Å². The van der Waals surface area contributed by atoms with Crippen molar-refractivity contribution in [1.29, 1.82) is 0 Å². The van der Waals surface area contributed by atoms with Crippen molar-refractivity contribution in [2.75, 3.05) is 11.9 Å². The lowest BCUT2D eigenvalue weighted by atomic mass is 9.87. The normalized spacial score (nSPS) is 12.0. The Bertz CT molecular complexity index is 1090. The van der Waals surface area contributed by atoms with Gasteiger partial charge in [0.15, 0.2) is 12.3 Å². The summed E-state index contributed by atoms with van der Waals surface area (Å²) in [7, 11) is 0. The molecule has 0 saturated carbocycles. The smallest absolute Gasteiger partial charge is 0.435 e. The maximum absolute atomic E-state index is 13.2. The lowest BCUT2D eigenvalue weighted by Crippen LogP contribution is -2.21. The van der Waals surface area contributed by atoms with Crippen LogP contribution in [0.5, 0.6) is 5.88 Å². The van der Waals surface area contributed by atoms with Crippen LogP contribution in [0.25, 0.3) is 5.69 Å². The van der Waals surface area contributed by atoms with Gasteiger partial charge in [0.1, 0.15) is 0 Å². The number of rotatable bonds is 5. The van der Waals surface area contributed by atoms with Crippen LogP contribution in [-0.4, -0.2) is 22.3 Å². The van der Waals surface area contributed by atoms with Crippen LogP contribution >= 0.6 is 11.6 Å². The van der Waals surface area contributed by atoms with E-state index in [1.807, 2.05) is 39.0 Å². The SMILES string of the molecule is CC(C)(C)c1cccc(NC(=O)COc2cc(C(F)(F)F)nn2-c2ccccc2Cl)c1. The second-order valence-electron chi connectivity index (χ2n) is 7.90. The zero-order valence-electron chi connectivity index (χ0n) is 17.1. The van der Waals surface area contributed by atoms with Crippen molar-refractivity contribution < 1.29 is 22.7 Å². The molecule has 0 radical (unpaired) electrons. The summed E-state index contributed by atoms with van der Waals surface area (Å²) in [5, 5.41) is 6.44. The number of nitrogens with one attached hydrogen (secondary N) is 1. The number of nitrogens with zero attached hydrogens (tertiary/aromatic N) is 2. The number of hydrogen-bond acceptors (Lipinski definition) is 3. The van der Waals surface area contributed by atoms with Crippen molar-refractivity contribution in [3.8, 4) is 11.6 Å². The molecule has 0 fully saturated rings. The molecule has 9 heteroatoms. The van der Waals surface area contributed by atoms with E-state index in [2.05, 4.69) is 10.4 Å². The van der Waals surface area contributed by atoms with Gasteiger partial charge < -0.3 is 10.1 Å². The Labute approximate surface area is 182 Å².